The second kappa shape index (κ2) is 10.7. The second-order valence-electron chi connectivity index (χ2n) is 7.45. The summed E-state index contributed by atoms with van der Waals surface area (Å²) in [7, 11) is -3.98. The van der Waals surface area contributed by atoms with Crippen LogP contribution >= 0.6 is 15.9 Å². The number of para-hydroxylation sites is 1. The normalized spacial score (nSPS) is 11.5. The molecule has 0 spiro atoms. The van der Waals surface area contributed by atoms with Crippen LogP contribution in [0.5, 0.6) is 11.5 Å². The van der Waals surface area contributed by atoms with Crippen LogP contribution in [0.2, 0.25) is 0 Å². The zero-order valence-corrected chi connectivity index (χ0v) is 20.9. The monoisotopic (exact) mass is 553 g/mol. The summed E-state index contributed by atoms with van der Waals surface area (Å²) in [5.74, 6) is 0.184. The molecule has 0 bridgehead atoms. The Hall–Kier alpha value is -3.76. The molecule has 1 N–H and O–H groups in total. The van der Waals surface area contributed by atoms with Crippen LogP contribution in [-0.2, 0) is 14.9 Å². The van der Waals surface area contributed by atoms with Gasteiger partial charge in [-0.25, -0.2) is 5.43 Å². The highest BCUT2D eigenvalue weighted by atomic mass is 79.9. The predicted molar refractivity (Wildman–Crippen MR) is 136 cm³/mol. The summed E-state index contributed by atoms with van der Waals surface area (Å²) < 4.78 is 36.2. The number of ether oxygens (including phenoxy) is 1. The van der Waals surface area contributed by atoms with Crippen LogP contribution in [0.1, 0.15) is 11.1 Å². The van der Waals surface area contributed by atoms with E-state index in [1.807, 2.05) is 31.2 Å². The molecule has 0 aliphatic carbocycles. The van der Waals surface area contributed by atoms with Gasteiger partial charge in [0.05, 0.1) is 10.7 Å². The number of hydrogen-bond donors (Lipinski definition) is 1. The van der Waals surface area contributed by atoms with Gasteiger partial charge in [0, 0.05) is 11.6 Å². The summed E-state index contributed by atoms with van der Waals surface area (Å²) in [5.41, 5.74) is 4.61. The summed E-state index contributed by atoms with van der Waals surface area (Å²) in [5, 5.41) is 4.83. The van der Waals surface area contributed by atoms with E-state index in [1.54, 1.807) is 36.5 Å². The van der Waals surface area contributed by atoms with E-state index in [-0.39, 0.29) is 17.3 Å². The Kier molecular flexibility index (Phi) is 7.42. The number of carbonyl (C=O) groups excluding carboxylic acids is 1. The summed E-state index contributed by atoms with van der Waals surface area (Å²) in [6.07, 6.45) is 3.08. The van der Waals surface area contributed by atoms with E-state index in [1.165, 1.54) is 24.4 Å². The molecule has 8 nitrogen and oxygen atoms in total. The molecule has 0 aliphatic rings. The minimum atomic E-state index is -3.98. The lowest BCUT2D eigenvalue weighted by Crippen LogP contribution is -2.24. The summed E-state index contributed by atoms with van der Waals surface area (Å²) >= 11 is 3.31. The topological polar surface area (TPSA) is 107 Å². The first-order valence-corrected chi connectivity index (χ1v) is 12.6. The number of rotatable bonds is 8. The number of hydrazone groups is 1. The molecule has 0 aliphatic heterocycles. The van der Waals surface area contributed by atoms with E-state index in [0.717, 1.165) is 10.9 Å². The van der Waals surface area contributed by atoms with E-state index >= 15 is 0 Å². The minimum Gasteiger partial charge on any atom is -0.481 e. The van der Waals surface area contributed by atoms with E-state index in [4.69, 9.17) is 8.92 Å². The summed E-state index contributed by atoms with van der Waals surface area (Å²) in [6.45, 7) is 1.63. The van der Waals surface area contributed by atoms with Crippen molar-refractivity contribution in [1.29, 1.82) is 0 Å². The number of nitrogens with zero attached hydrogens (tertiary/aromatic N) is 2. The van der Waals surface area contributed by atoms with Crippen LogP contribution in [-0.4, -0.2) is 32.1 Å². The number of halogens is 1. The second-order valence-corrected chi connectivity index (χ2v) is 9.85. The smallest absolute Gasteiger partial charge is 0.339 e. The van der Waals surface area contributed by atoms with Crippen molar-refractivity contribution in [3.8, 4) is 11.5 Å². The molecular formula is C25H20BrN3O5S. The number of amides is 1. The molecule has 35 heavy (non-hydrogen) atoms. The molecule has 0 unspecified atom stereocenters. The highest BCUT2D eigenvalue weighted by molar-refractivity contribution is 9.10. The van der Waals surface area contributed by atoms with Crippen molar-refractivity contribution < 1.29 is 22.1 Å². The number of hydrogen-bond acceptors (Lipinski definition) is 7. The van der Waals surface area contributed by atoms with Gasteiger partial charge in [-0.15, -0.1) is 0 Å². The molecule has 1 amide bonds. The molecule has 0 saturated carbocycles. The average molecular weight is 554 g/mol. The Bertz CT molecular complexity index is 1500. The van der Waals surface area contributed by atoms with Crippen molar-refractivity contribution >= 4 is 49.1 Å². The molecule has 10 heteroatoms. The molecule has 0 radical (unpaired) electrons. The van der Waals surface area contributed by atoms with Crippen molar-refractivity contribution in [3.05, 3.63) is 94.6 Å². The Labute approximate surface area is 210 Å². The highest BCUT2D eigenvalue weighted by Gasteiger charge is 2.18. The predicted octanol–water partition coefficient (Wildman–Crippen LogP) is 4.60. The maximum Gasteiger partial charge on any atom is 0.339 e. The lowest BCUT2D eigenvalue weighted by molar-refractivity contribution is -0.123. The molecule has 4 rings (SSSR count). The fraction of sp³-hybridized carbons (Fsp3) is 0.0800. The lowest BCUT2D eigenvalue weighted by atomic mass is 10.2. The van der Waals surface area contributed by atoms with E-state index in [9.17, 15) is 13.2 Å². The molecular weight excluding hydrogens is 534 g/mol. The Morgan fingerprint density at radius 2 is 1.83 bits per heavy atom. The number of benzene rings is 3. The first-order chi connectivity index (χ1) is 16.8. The minimum absolute atomic E-state index is 0.0600. The third-order valence-electron chi connectivity index (χ3n) is 4.82. The van der Waals surface area contributed by atoms with E-state index in [0.29, 0.717) is 21.3 Å². The van der Waals surface area contributed by atoms with Crippen LogP contribution in [0.25, 0.3) is 10.9 Å². The van der Waals surface area contributed by atoms with Gasteiger partial charge in [-0.1, -0.05) is 35.9 Å². The number of aromatic nitrogens is 1. The first-order valence-electron chi connectivity index (χ1n) is 10.4. The van der Waals surface area contributed by atoms with Gasteiger partial charge in [-0.05, 0) is 70.9 Å². The third kappa shape index (κ3) is 6.23. The van der Waals surface area contributed by atoms with Crippen molar-refractivity contribution in [2.24, 2.45) is 5.10 Å². The molecule has 4 aromatic rings. The fourth-order valence-corrected chi connectivity index (χ4v) is 4.62. The maximum atomic E-state index is 12.5. The lowest BCUT2D eigenvalue weighted by Gasteiger charge is -2.09. The van der Waals surface area contributed by atoms with Gasteiger partial charge in [0.15, 0.2) is 12.4 Å². The van der Waals surface area contributed by atoms with Gasteiger partial charge < -0.3 is 8.92 Å². The van der Waals surface area contributed by atoms with E-state index < -0.39 is 16.0 Å². The van der Waals surface area contributed by atoms with Crippen LogP contribution in [0.4, 0.5) is 0 Å². The largest absolute Gasteiger partial charge is 0.481 e. The SMILES string of the molecule is Cc1ccc(S(=O)(=O)Oc2ccc(/C=N\NC(=O)COc3cccc4cccnc34)cc2Br)cc1. The van der Waals surface area contributed by atoms with Gasteiger partial charge in [0.2, 0.25) is 0 Å². The maximum absolute atomic E-state index is 12.5. The van der Waals surface area contributed by atoms with Crippen LogP contribution < -0.4 is 14.3 Å². The average Bonchev–Trinajstić information content (AvgIpc) is 2.84. The van der Waals surface area contributed by atoms with Crippen molar-refractivity contribution in [3.63, 3.8) is 0 Å². The third-order valence-corrected chi connectivity index (χ3v) is 6.69. The standard InChI is InChI=1S/C25H20BrN3O5S/c1-17-7-10-20(11-8-17)35(31,32)34-22-12-9-18(14-21(22)26)15-28-29-24(30)16-33-23-6-2-4-19-5-3-13-27-25(19)23/h2-15H,16H2,1H3,(H,29,30)/b28-15-. The zero-order valence-electron chi connectivity index (χ0n) is 18.5. The van der Waals surface area contributed by atoms with Crippen LogP contribution in [0, 0.1) is 6.92 Å². The number of nitrogens with one attached hydrogen (secondary N) is 1. The van der Waals surface area contributed by atoms with Gasteiger partial charge in [0.25, 0.3) is 5.91 Å². The Morgan fingerprint density at radius 1 is 1.06 bits per heavy atom. The van der Waals surface area contributed by atoms with Gasteiger partial charge >= 0.3 is 10.1 Å². The van der Waals surface area contributed by atoms with Crippen molar-refractivity contribution in [2.45, 2.75) is 11.8 Å². The molecule has 3 aromatic carbocycles. The number of aryl methyl sites for hydroxylation is 1. The van der Waals surface area contributed by atoms with Crippen LogP contribution in [0.3, 0.4) is 0 Å². The quantitative estimate of drug-likeness (QED) is 0.194. The molecule has 1 heterocycles. The number of fused-ring (bicyclic) bond motifs is 1. The molecule has 178 valence electrons. The summed E-state index contributed by atoms with van der Waals surface area (Å²) in [4.78, 5) is 16.5. The number of pyridine rings is 1. The van der Waals surface area contributed by atoms with Crippen molar-refractivity contribution in [2.75, 3.05) is 6.61 Å². The molecule has 0 fully saturated rings. The van der Waals surface area contributed by atoms with Gasteiger partial charge in [-0.3, -0.25) is 9.78 Å². The Balaban J connectivity index is 1.34. The zero-order chi connectivity index (χ0) is 24.8. The molecule has 0 atom stereocenters. The summed E-state index contributed by atoms with van der Waals surface area (Å²) in [6, 6.07) is 20.3. The fourth-order valence-electron chi connectivity index (χ4n) is 3.08. The Morgan fingerprint density at radius 3 is 2.60 bits per heavy atom. The van der Waals surface area contributed by atoms with Gasteiger partial charge in [0.1, 0.15) is 16.2 Å². The van der Waals surface area contributed by atoms with Crippen molar-refractivity contribution in [1.82, 2.24) is 10.4 Å². The van der Waals surface area contributed by atoms with E-state index in [2.05, 4.69) is 31.4 Å². The molecule has 1 aromatic heterocycles. The molecule has 0 saturated heterocycles. The van der Waals surface area contributed by atoms with Gasteiger partial charge in [-0.2, -0.15) is 13.5 Å². The van der Waals surface area contributed by atoms with Crippen LogP contribution in [0.15, 0.2) is 93.5 Å². The number of carbonyl (C=O) groups is 1. The highest BCUT2D eigenvalue weighted by Crippen LogP contribution is 2.28. The first kappa shape index (κ1) is 24.4.